The summed E-state index contributed by atoms with van der Waals surface area (Å²) >= 11 is 1.93. The van der Waals surface area contributed by atoms with Crippen molar-refractivity contribution in [3.05, 3.63) is 0 Å². The molecule has 2 fully saturated rings. The molecule has 2 aliphatic rings. The van der Waals surface area contributed by atoms with Crippen molar-refractivity contribution in [2.24, 2.45) is 0 Å². The molecular weight excluding hydrogens is 220 g/mol. The summed E-state index contributed by atoms with van der Waals surface area (Å²) in [5.41, 5.74) is 0. The van der Waals surface area contributed by atoms with Crippen molar-refractivity contribution in [2.45, 2.75) is 43.4 Å². The predicted molar refractivity (Wildman–Crippen MR) is 68.8 cm³/mol. The normalized spacial score (nSPS) is 27.5. The van der Waals surface area contributed by atoms with Gasteiger partial charge in [-0.1, -0.05) is 6.92 Å². The second-order valence-corrected chi connectivity index (χ2v) is 6.22. The topological polar surface area (TPSA) is 32.3 Å². The molecule has 2 rings (SSSR count). The Morgan fingerprint density at radius 2 is 2.31 bits per heavy atom. The summed E-state index contributed by atoms with van der Waals surface area (Å²) in [5, 5.41) is 3.34. The van der Waals surface area contributed by atoms with Gasteiger partial charge in [0.05, 0.1) is 6.04 Å². The fourth-order valence-corrected chi connectivity index (χ4v) is 3.11. The maximum Gasteiger partial charge on any atom is 0.239 e. The number of likely N-dealkylation sites (tertiary alicyclic amines) is 1. The summed E-state index contributed by atoms with van der Waals surface area (Å²) in [6.45, 7) is 5.01. The van der Waals surface area contributed by atoms with Crippen molar-refractivity contribution in [3.63, 3.8) is 0 Å². The molecule has 1 saturated heterocycles. The van der Waals surface area contributed by atoms with Crippen molar-refractivity contribution in [1.29, 1.82) is 0 Å². The average Bonchev–Trinajstić information content (AvgIpc) is 2.99. The van der Waals surface area contributed by atoms with Gasteiger partial charge in [0.1, 0.15) is 0 Å². The zero-order valence-electron chi connectivity index (χ0n) is 10.3. The van der Waals surface area contributed by atoms with Crippen LogP contribution in [-0.4, -0.2) is 47.5 Å². The highest BCUT2D eigenvalue weighted by Gasteiger charge is 2.46. The monoisotopic (exact) mass is 242 g/mol. The summed E-state index contributed by atoms with van der Waals surface area (Å²) < 4.78 is 0.412. The highest BCUT2D eigenvalue weighted by atomic mass is 32.2. The zero-order chi connectivity index (χ0) is 11.6. The van der Waals surface area contributed by atoms with Crippen LogP contribution in [0.5, 0.6) is 0 Å². The van der Waals surface area contributed by atoms with Crippen LogP contribution in [0.15, 0.2) is 0 Å². The number of amides is 1. The Morgan fingerprint density at radius 3 is 2.88 bits per heavy atom. The van der Waals surface area contributed by atoms with Crippen LogP contribution in [0.2, 0.25) is 0 Å². The maximum atomic E-state index is 12.1. The summed E-state index contributed by atoms with van der Waals surface area (Å²) in [4.78, 5) is 14.2. The third-order valence-corrected chi connectivity index (χ3v) is 5.06. The molecule has 1 atom stereocenters. The van der Waals surface area contributed by atoms with Crippen LogP contribution in [-0.2, 0) is 4.79 Å². The van der Waals surface area contributed by atoms with E-state index in [4.69, 9.17) is 0 Å². The molecule has 1 aliphatic carbocycles. The fraction of sp³-hybridized carbons (Fsp3) is 0.917. The van der Waals surface area contributed by atoms with E-state index >= 15 is 0 Å². The first-order chi connectivity index (χ1) is 7.71. The van der Waals surface area contributed by atoms with Gasteiger partial charge in [0.15, 0.2) is 0 Å². The van der Waals surface area contributed by atoms with Crippen LogP contribution in [0.4, 0.5) is 0 Å². The molecule has 0 radical (unpaired) electrons. The van der Waals surface area contributed by atoms with E-state index in [1.165, 1.54) is 12.8 Å². The molecule has 16 heavy (non-hydrogen) atoms. The van der Waals surface area contributed by atoms with Crippen LogP contribution in [0.25, 0.3) is 0 Å². The third-order valence-electron chi connectivity index (χ3n) is 3.66. The number of carbonyl (C=O) groups is 1. The molecule has 1 amide bonds. The third kappa shape index (κ3) is 2.54. The van der Waals surface area contributed by atoms with E-state index in [1.807, 2.05) is 11.8 Å². The van der Waals surface area contributed by atoms with Gasteiger partial charge in [-0.3, -0.25) is 4.79 Å². The van der Waals surface area contributed by atoms with E-state index in [0.29, 0.717) is 10.7 Å². The molecule has 0 aromatic rings. The number of hydrogen-bond acceptors (Lipinski definition) is 3. The lowest BCUT2D eigenvalue weighted by molar-refractivity contribution is -0.129. The lowest BCUT2D eigenvalue weighted by Gasteiger charge is -2.22. The minimum absolute atomic E-state index is 0.0950. The van der Waals surface area contributed by atoms with Crippen molar-refractivity contribution < 1.29 is 4.79 Å². The Labute approximate surface area is 102 Å². The summed E-state index contributed by atoms with van der Waals surface area (Å²) in [6.07, 6.45) is 6.82. The minimum atomic E-state index is 0.0950. The van der Waals surface area contributed by atoms with Gasteiger partial charge in [0.2, 0.25) is 5.91 Å². The first kappa shape index (κ1) is 12.2. The molecule has 92 valence electrons. The van der Waals surface area contributed by atoms with Crippen molar-refractivity contribution in [3.8, 4) is 0 Å². The van der Waals surface area contributed by atoms with Gasteiger partial charge in [0.25, 0.3) is 0 Å². The van der Waals surface area contributed by atoms with Crippen LogP contribution in [0.1, 0.15) is 32.6 Å². The maximum absolute atomic E-state index is 12.1. The zero-order valence-corrected chi connectivity index (χ0v) is 11.1. The van der Waals surface area contributed by atoms with Crippen LogP contribution in [0, 0.1) is 0 Å². The molecule has 1 N–H and O–H groups in total. The Balaban J connectivity index is 1.82. The second kappa shape index (κ2) is 4.96. The molecule has 0 aromatic heterocycles. The average molecular weight is 242 g/mol. The van der Waals surface area contributed by atoms with Crippen LogP contribution >= 0.6 is 11.8 Å². The van der Waals surface area contributed by atoms with Gasteiger partial charge in [-0.15, -0.1) is 0 Å². The number of nitrogens with zero attached hydrogens (tertiary/aromatic N) is 1. The first-order valence-electron chi connectivity index (χ1n) is 6.28. The number of rotatable bonds is 6. The quantitative estimate of drug-likeness (QED) is 0.766. The van der Waals surface area contributed by atoms with Gasteiger partial charge in [-0.25, -0.2) is 0 Å². The van der Waals surface area contributed by atoms with Gasteiger partial charge in [-0.05, 0) is 38.5 Å². The van der Waals surface area contributed by atoms with E-state index in [0.717, 1.165) is 32.5 Å². The number of carbonyl (C=O) groups excluding carboxylic acids is 1. The SMILES string of the molecule is CCCNC1CCN(CC2(SC)CC2)C1=O. The largest absolute Gasteiger partial charge is 0.340 e. The van der Waals surface area contributed by atoms with Crippen LogP contribution in [0.3, 0.4) is 0 Å². The van der Waals surface area contributed by atoms with Crippen molar-refractivity contribution in [1.82, 2.24) is 10.2 Å². The molecule has 1 unspecified atom stereocenters. The van der Waals surface area contributed by atoms with E-state index in [-0.39, 0.29) is 6.04 Å². The molecule has 0 bridgehead atoms. The van der Waals surface area contributed by atoms with Gasteiger partial charge >= 0.3 is 0 Å². The van der Waals surface area contributed by atoms with E-state index in [1.54, 1.807) is 0 Å². The van der Waals surface area contributed by atoms with Crippen molar-refractivity contribution in [2.75, 3.05) is 25.9 Å². The highest BCUT2D eigenvalue weighted by molar-refractivity contribution is 8.00. The van der Waals surface area contributed by atoms with Gasteiger partial charge < -0.3 is 10.2 Å². The Bertz CT molecular complexity index is 266. The lowest BCUT2D eigenvalue weighted by Crippen LogP contribution is -2.41. The number of nitrogens with one attached hydrogen (secondary N) is 1. The smallest absolute Gasteiger partial charge is 0.239 e. The Morgan fingerprint density at radius 1 is 1.56 bits per heavy atom. The summed E-state index contributed by atoms with van der Waals surface area (Å²) in [5.74, 6) is 0.328. The van der Waals surface area contributed by atoms with E-state index in [9.17, 15) is 4.79 Å². The molecule has 1 aliphatic heterocycles. The minimum Gasteiger partial charge on any atom is -0.340 e. The summed E-state index contributed by atoms with van der Waals surface area (Å²) in [6, 6.07) is 0.0950. The number of hydrogen-bond donors (Lipinski definition) is 1. The summed E-state index contributed by atoms with van der Waals surface area (Å²) in [7, 11) is 0. The molecule has 0 spiro atoms. The van der Waals surface area contributed by atoms with Crippen molar-refractivity contribution >= 4 is 17.7 Å². The molecule has 3 nitrogen and oxygen atoms in total. The molecular formula is C12H22N2OS. The Hall–Kier alpha value is -0.220. The van der Waals surface area contributed by atoms with E-state index in [2.05, 4.69) is 23.4 Å². The van der Waals surface area contributed by atoms with Gasteiger partial charge in [-0.2, -0.15) is 11.8 Å². The lowest BCUT2D eigenvalue weighted by atomic mass is 10.2. The second-order valence-electron chi connectivity index (χ2n) is 4.94. The predicted octanol–water partition coefficient (Wildman–Crippen LogP) is 1.48. The molecule has 0 aromatic carbocycles. The highest BCUT2D eigenvalue weighted by Crippen LogP contribution is 2.48. The Kier molecular flexibility index (Phi) is 3.80. The molecule has 1 heterocycles. The molecule has 1 saturated carbocycles. The standard InChI is InChI=1S/C12H22N2OS/c1-3-7-13-10-4-8-14(11(10)15)9-12(16-2)5-6-12/h10,13H,3-9H2,1-2H3. The fourth-order valence-electron chi connectivity index (χ4n) is 2.32. The van der Waals surface area contributed by atoms with Crippen LogP contribution < -0.4 is 5.32 Å². The molecule has 4 heteroatoms. The number of thioether (sulfide) groups is 1. The first-order valence-corrected chi connectivity index (χ1v) is 7.50. The van der Waals surface area contributed by atoms with Gasteiger partial charge in [0, 0.05) is 17.8 Å². The van der Waals surface area contributed by atoms with E-state index < -0.39 is 0 Å².